The van der Waals surface area contributed by atoms with Crippen molar-refractivity contribution in [2.45, 2.75) is 0 Å². The molecule has 0 radical (unpaired) electrons. The van der Waals surface area contributed by atoms with Gasteiger partial charge in [0.25, 0.3) is 0 Å². The zero-order chi connectivity index (χ0) is 20.5. The van der Waals surface area contributed by atoms with E-state index in [9.17, 15) is 0 Å². The highest BCUT2D eigenvalue weighted by Crippen LogP contribution is 2.43. The summed E-state index contributed by atoms with van der Waals surface area (Å²) in [4.78, 5) is 7.65. The standard InChI is InChI=1S/C19H20N10/c20-26-19-15(14-4-2-1-3-5-14)6-7-16-17(8-9-23-18(16)19)29(12-10-24-27-21)13-11-25-28-22/h1-8,20,23H,9-13H2. The van der Waals surface area contributed by atoms with Crippen molar-refractivity contribution >= 4 is 17.1 Å². The molecule has 10 nitrogen and oxygen atoms in total. The minimum Gasteiger partial charge on any atom is -0.379 e. The fourth-order valence-corrected chi connectivity index (χ4v) is 3.38. The van der Waals surface area contributed by atoms with E-state index in [1.807, 2.05) is 53.4 Å². The van der Waals surface area contributed by atoms with Crippen molar-refractivity contribution in [3.05, 3.63) is 75.0 Å². The first kappa shape index (κ1) is 19.8. The zero-order valence-electron chi connectivity index (χ0n) is 15.7. The van der Waals surface area contributed by atoms with Gasteiger partial charge in [-0.05, 0) is 22.7 Å². The van der Waals surface area contributed by atoms with E-state index in [4.69, 9.17) is 16.6 Å². The zero-order valence-corrected chi connectivity index (χ0v) is 15.7. The molecule has 0 saturated heterocycles. The van der Waals surface area contributed by atoms with E-state index in [-0.39, 0.29) is 0 Å². The van der Waals surface area contributed by atoms with Crippen LogP contribution in [0.3, 0.4) is 0 Å². The largest absolute Gasteiger partial charge is 0.379 e. The lowest BCUT2D eigenvalue weighted by atomic mass is 9.96. The average molecular weight is 388 g/mol. The number of nitrogens with zero attached hydrogens (tertiary/aromatic N) is 8. The number of rotatable bonds is 9. The van der Waals surface area contributed by atoms with Gasteiger partial charge in [0.1, 0.15) is 5.69 Å². The van der Waals surface area contributed by atoms with Crippen molar-refractivity contribution in [2.75, 3.05) is 38.0 Å². The van der Waals surface area contributed by atoms with Gasteiger partial charge in [0.05, 0.1) is 5.69 Å². The van der Waals surface area contributed by atoms with E-state index in [1.54, 1.807) is 0 Å². The Morgan fingerprint density at radius 1 is 0.966 bits per heavy atom. The molecule has 1 aliphatic rings. The number of hydrogen-bond acceptors (Lipinski definition) is 6. The van der Waals surface area contributed by atoms with Gasteiger partial charge in [0.15, 0.2) is 0 Å². The highest BCUT2D eigenvalue weighted by atomic mass is 15.2. The predicted molar refractivity (Wildman–Crippen MR) is 113 cm³/mol. The Bertz CT molecular complexity index is 979. The van der Waals surface area contributed by atoms with Gasteiger partial charge in [-0.3, -0.25) is 0 Å². The molecule has 29 heavy (non-hydrogen) atoms. The maximum absolute atomic E-state index is 8.58. The highest BCUT2D eigenvalue weighted by Gasteiger charge is 2.22. The van der Waals surface area contributed by atoms with E-state index >= 15 is 0 Å². The molecule has 0 bridgehead atoms. The quantitative estimate of drug-likeness (QED) is 0.322. The van der Waals surface area contributed by atoms with Crippen LogP contribution in [0.2, 0.25) is 0 Å². The lowest BCUT2D eigenvalue weighted by Crippen LogP contribution is -2.30. The number of fused-ring (bicyclic) bond motifs is 1. The minimum absolute atomic E-state index is 0.296. The normalized spacial score (nSPS) is 11.8. The van der Waals surface area contributed by atoms with Crippen molar-refractivity contribution in [3.63, 3.8) is 0 Å². The van der Waals surface area contributed by atoms with Gasteiger partial charge in [-0.25, -0.2) is 5.53 Å². The summed E-state index contributed by atoms with van der Waals surface area (Å²) in [5.74, 6) is 0. The molecule has 2 N–H and O–H groups in total. The van der Waals surface area contributed by atoms with Gasteiger partial charge in [-0.2, -0.15) is 5.11 Å². The first-order chi connectivity index (χ1) is 14.3. The third kappa shape index (κ3) is 4.47. The Hall–Kier alpha value is -4.00. The Labute approximate surface area is 167 Å². The van der Waals surface area contributed by atoms with Gasteiger partial charge < -0.3 is 10.2 Å². The second-order valence-corrected chi connectivity index (χ2v) is 6.23. The highest BCUT2D eigenvalue weighted by molar-refractivity contribution is 5.93. The molecule has 0 aliphatic carbocycles. The molecule has 2 aromatic carbocycles. The molecule has 0 fully saturated rings. The topological polar surface area (TPSA) is 149 Å². The number of hydrogen-bond donors (Lipinski definition) is 2. The Morgan fingerprint density at radius 2 is 1.62 bits per heavy atom. The molecule has 0 aromatic heterocycles. The molecular weight excluding hydrogens is 368 g/mol. The molecule has 1 heterocycles. The average Bonchev–Trinajstić information content (AvgIpc) is 2.77. The van der Waals surface area contributed by atoms with Crippen molar-refractivity contribution in [3.8, 4) is 11.1 Å². The van der Waals surface area contributed by atoms with E-state index in [2.05, 4.69) is 30.5 Å². The minimum atomic E-state index is 0.296. The Kier molecular flexibility index (Phi) is 6.67. The van der Waals surface area contributed by atoms with Crippen LogP contribution in [0.1, 0.15) is 5.56 Å². The molecular formula is C19H20N10. The number of azide groups is 2. The molecule has 0 atom stereocenters. The molecule has 0 unspecified atom stereocenters. The van der Waals surface area contributed by atoms with Crippen LogP contribution in [0.4, 0.5) is 11.4 Å². The second-order valence-electron chi connectivity index (χ2n) is 6.23. The van der Waals surface area contributed by atoms with E-state index < -0.39 is 0 Å². The summed E-state index contributed by atoms with van der Waals surface area (Å²) in [5, 5.41) is 14.4. The molecule has 0 amide bonds. The van der Waals surface area contributed by atoms with Gasteiger partial charge in [0.2, 0.25) is 0 Å². The van der Waals surface area contributed by atoms with E-state index in [0.717, 1.165) is 28.1 Å². The first-order valence-electron chi connectivity index (χ1n) is 9.11. The fourth-order valence-electron chi connectivity index (χ4n) is 3.38. The van der Waals surface area contributed by atoms with Crippen LogP contribution >= 0.6 is 0 Å². The van der Waals surface area contributed by atoms with Crippen molar-refractivity contribution < 1.29 is 0 Å². The summed E-state index contributed by atoms with van der Waals surface area (Å²) >= 11 is 0. The van der Waals surface area contributed by atoms with Crippen LogP contribution in [0.5, 0.6) is 0 Å². The maximum atomic E-state index is 8.58. The second kappa shape index (κ2) is 9.80. The maximum Gasteiger partial charge on any atom is 0.117 e. The first-order valence-corrected chi connectivity index (χ1v) is 9.11. The third-order valence-corrected chi connectivity index (χ3v) is 4.63. The predicted octanol–water partition coefficient (Wildman–Crippen LogP) is 5.71. The van der Waals surface area contributed by atoms with Crippen molar-refractivity contribution in [1.29, 1.82) is 5.53 Å². The molecule has 2 aromatic rings. The van der Waals surface area contributed by atoms with Gasteiger partial charge in [-0.1, -0.05) is 52.7 Å². The summed E-state index contributed by atoms with van der Waals surface area (Å²) < 4.78 is 0. The Balaban J connectivity index is 2.01. The molecule has 1 aliphatic heterocycles. The van der Waals surface area contributed by atoms with Crippen LogP contribution in [0, 0.1) is 5.53 Å². The monoisotopic (exact) mass is 388 g/mol. The molecule has 0 saturated carbocycles. The van der Waals surface area contributed by atoms with Crippen LogP contribution in [-0.4, -0.2) is 37.6 Å². The molecule has 10 heteroatoms. The lowest BCUT2D eigenvalue weighted by molar-refractivity contribution is 0.415. The Morgan fingerprint density at radius 3 is 2.24 bits per heavy atom. The van der Waals surface area contributed by atoms with E-state index in [0.29, 0.717) is 38.4 Å². The summed E-state index contributed by atoms with van der Waals surface area (Å²) in [7, 11) is 0. The smallest absolute Gasteiger partial charge is 0.117 e. The molecule has 3 rings (SSSR count). The van der Waals surface area contributed by atoms with Crippen LogP contribution in [-0.2, 0) is 0 Å². The SMILES string of the molecule is [N-]=[N+]=NCCN(CCN=[N+]=[N-])C1=CCNc2c1ccc(-c1ccccc1)c2N=N. The summed E-state index contributed by atoms with van der Waals surface area (Å²) in [6.45, 7) is 2.14. The number of benzene rings is 2. The number of anilines is 1. The lowest BCUT2D eigenvalue weighted by Gasteiger charge is -2.31. The van der Waals surface area contributed by atoms with Crippen LogP contribution in [0.15, 0.2) is 63.9 Å². The van der Waals surface area contributed by atoms with Crippen LogP contribution < -0.4 is 5.32 Å². The molecule has 0 spiro atoms. The van der Waals surface area contributed by atoms with Crippen molar-refractivity contribution in [2.24, 2.45) is 15.3 Å². The van der Waals surface area contributed by atoms with Gasteiger partial charge in [-0.15, -0.1) is 0 Å². The summed E-state index contributed by atoms with van der Waals surface area (Å²) in [6.07, 6.45) is 2.03. The van der Waals surface area contributed by atoms with Gasteiger partial charge in [0, 0.05) is 59.4 Å². The van der Waals surface area contributed by atoms with E-state index in [1.165, 1.54) is 0 Å². The molecule has 146 valence electrons. The van der Waals surface area contributed by atoms with Gasteiger partial charge >= 0.3 is 0 Å². The van der Waals surface area contributed by atoms with Crippen molar-refractivity contribution in [1.82, 2.24) is 4.90 Å². The van der Waals surface area contributed by atoms with Crippen LogP contribution in [0.25, 0.3) is 37.7 Å². The fraction of sp³-hybridized carbons (Fsp3) is 0.263. The number of nitrogens with one attached hydrogen (secondary N) is 2. The summed E-state index contributed by atoms with van der Waals surface area (Å²) in [5.41, 5.74) is 30.0. The summed E-state index contributed by atoms with van der Waals surface area (Å²) in [6, 6.07) is 13.8. The third-order valence-electron chi connectivity index (χ3n) is 4.63.